The van der Waals surface area contributed by atoms with Crippen molar-refractivity contribution in [1.82, 2.24) is 19.5 Å². The first-order valence-electron chi connectivity index (χ1n) is 8.16. The van der Waals surface area contributed by atoms with E-state index in [1.54, 1.807) is 34.8 Å². The number of hydrogen-bond donors (Lipinski definition) is 0. The smallest absolute Gasteiger partial charge is 0.256 e. The lowest BCUT2D eigenvalue weighted by atomic mass is 9.96. The van der Waals surface area contributed by atoms with Crippen LogP contribution < -0.4 is 10.5 Å². The van der Waals surface area contributed by atoms with E-state index in [0.29, 0.717) is 11.5 Å². The summed E-state index contributed by atoms with van der Waals surface area (Å²) in [6.07, 6.45) is 7.04. The molecule has 124 valence electrons. The van der Waals surface area contributed by atoms with Crippen LogP contribution in [0, 0.1) is 12.8 Å². The van der Waals surface area contributed by atoms with Crippen LogP contribution in [0.1, 0.15) is 18.4 Å². The van der Waals surface area contributed by atoms with Gasteiger partial charge in [-0.2, -0.15) is 0 Å². The molecular weight excluding hydrogens is 322 g/mol. The van der Waals surface area contributed by atoms with Gasteiger partial charge in [0.1, 0.15) is 17.0 Å². The van der Waals surface area contributed by atoms with Gasteiger partial charge in [-0.05, 0) is 37.1 Å². The Morgan fingerprint density at radius 3 is 2.96 bits per heavy atom. The van der Waals surface area contributed by atoms with Gasteiger partial charge in [0.25, 0.3) is 5.56 Å². The number of piperidine rings is 1. The Balaban J connectivity index is 1.46. The van der Waals surface area contributed by atoms with Crippen molar-refractivity contribution in [2.45, 2.75) is 26.3 Å². The number of rotatable bonds is 3. The SMILES string of the molecule is Cc1cncn(CC2CCN(c3ncnc4sccc34)CC2)c1=O. The van der Waals surface area contributed by atoms with E-state index in [-0.39, 0.29) is 5.56 Å². The van der Waals surface area contributed by atoms with Gasteiger partial charge in [0.05, 0.1) is 11.7 Å². The molecule has 4 rings (SSSR count). The van der Waals surface area contributed by atoms with Gasteiger partial charge in [0, 0.05) is 31.4 Å². The van der Waals surface area contributed by atoms with Crippen LogP contribution in [-0.4, -0.2) is 32.6 Å². The van der Waals surface area contributed by atoms with Crippen molar-refractivity contribution in [3.63, 3.8) is 0 Å². The number of nitrogens with zero attached hydrogens (tertiary/aromatic N) is 5. The molecule has 24 heavy (non-hydrogen) atoms. The molecule has 0 aromatic carbocycles. The Hall–Kier alpha value is -2.28. The third-order valence-corrected chi connectivity index (χ3v) is 5.50. The summed E-state index contributed by atoms with van der Waals surface area (Å²) in [5.74, 6) is 1.54. The average Bonchev–Trinajstić information content (AvgIpc) is 3.08. The Bertz CT molecular complexity index is 910. The summed E-state index contributed by atoms with van der Waals surface area (Å²) in [6, 6.07) is 2.10. The monoisotopic (exact) mass is 341 g/mol. The van der Waals surface area contributed by atoms with Gasteiger partial charge < -0.3 is 4.90 Å². The van der Waals surface area contributed by atoms with E-state index in [0.717, 1.165) is 48.5 Å². The molecule has 6 nitrogen and oxygen atoms in total. The van der Waals surface area contributed by atoms with Crippen LogP contribution in [0.15, 0.2) is 35.1 Å². The van der Waals surface area contributed by atoms with Crippen LogP contribution >= 0.6 is 11.3 Å². The molecule has 1 fully saturated rings. The topological polar surface area (TPSA) is 63.9 Å². The van der Waals surface area contributed by atoms with E-state index in [4.69, 9.17) is 0 Å². The minimum Gasteiger partial charge on any atom is -0.356 e. The third kappa shape index (κ3) is 2.80. The zero-order valence-corrected chi connectivity index (χ0v) is 14.4. The van der Waals surface area contributed by atoms with Gasteiger partial charge in [-0.1, -0.05) is 0 Å². The summed E-state index contributed by atoms with van der Waals surface area (Å²) in [7, 11) is 0. The molecule has 1 aliphatic heterocycles. The van der Waals surface area contributed by atoms with Crippen molar-refractivity contribution in [1.29, 1.82) is 0 Å². The maximum Gasteiger partial charge on any atom is 0.256 e. The van der Waals surface area contributed by atoms with Crippen LogP contribution in [0.2, 0.25) is 0 Å². The standard InChI is InChI=1S/C17H19N5OS/c1-12-8-18-11-22(17(12)23)9-13-2-5-21(6-3-13)15-14-4-7-24-16(14)20-10-19-15/h4,7-8,10-11,13H,2-3,5-6,9H2,1H3. The van der Waals surface area contributed by atoms with Gasteiger partial charge >= 0.3 is 0 Å². The quantitative estimate of drug-likeness (QED) is 0.732. The molecule has 0 N–H and O–H groups in total. The second-order valence-electron chi connectivity index (χ2n) is 6.30. The van der Waals surface area contributed by atoms with Crippen molar-refractivity contribution in [2.24, 2.45) is 5.92 Å². The maximum absolute atomic E-state index is 12.1. The highest BCUT2D eigenvalue weighted by Crippen LogP contribution is 2.30. The summed E-state index contributed by atoms with van der Waals surface area (Å²) in [6.45, 7) is 4.48. The second-order valence-corrected chi connectivity index (χ2v) is 7.20. The van der Waals surface area contributed by atoms with E-state index < -0.39 is 0 Å². The molecule has 1 aliphatic rings. The molecule has 7 heteroatoms. The molecule has 3 aromatic rings. The van der Waals surface area contributed by atoms with Crippen LogP contribution in [0.5, 0.6) is 0 Å². The summed E-state index contributed by atoms with van der Waals surface area (Å²) in [5.41, 5.74) is 0.777. The van der Waals surface area contributed by atoms with E-state index >= 15 is 0 Å². The molecule has 0 aliphatic carbocycles. The fourth-order valence-electron chi connectivity index (χ4n) is 3.32. The Kier molecular flexibility index (Phi) is 4.02. The first kappa shape index (κ1) is 15.3. The van der Waals surface area contributed by atoms with Crippen molar-refractivity contribution in [2.75, 3.05) is 18.0 Å². The number of thiophene rings is 1. The zero-order chi connectivity index (χ0) is 16.5. The molecule has 0 atom stereocenters. The number of aryl methyl sites for hydroxylation is 1. The molecule has 0 saturated carbocycles. The van der Waals surface area contributed by atoms with Crippen LogP contribution in [0.3, 0.4) is 0 Å². The van der Waals surface area contributed by atoms with Gasteiger partial charge in [0.2, 0.25) is 0 Å². The highest BCUT2D eigenvalue weighted by molar-refractivity contribution is 7.16. The van der Waals surface area contributed by atoms with Gasteiger partial charge in [-0.15, -0.1) is 11.3 Å². The summed E-state index contributed by atoms with van der Waals surface area (Å²) in [5, 5.41) is 3.20. The summed E-state index contributed by atoms with van der Waals surface area (Å²) >= 11 is 1.65. The Morgan fingerprint density at radius 2 is 2.12 bits per heavy atom. The molecule has 3 aromatic heterocycles. The first-order valence-corrected chi connectivity index (χ1v) is 9.04. The Morgan fingerprint density at radius 1 is 1.29 bits per heavy atom. The van der Waals surface area contributed by atoms with E-state index in [1.165, 1.54) is 0 Å². The average molecular weight is 341 g/mol. The predicted octanol–water partition coefficient (Wildman–Crippen LogP) is 2.47. The van der Waals surface area contributed by atoms with E-state index in [2.05, 4.69) is 31.3 Å². The summed E-state index contributed by atoms with van der Waals surface area (Å²) in [4.78, 5) is 28.5. The highest BCUT2D eigenvalue weighted by Gasteiger charge is 2.22. The maximum atomic E-state index is 12.1. The summed E-state index contributed by atoms with van der Waals surface area (Å²) < 4.78 is 1.75. The van der Waals surface area contributed by atoms with Crippen molar-refractivity contribution >= 4 is 27.4 Å². The van der Waals surface area contributed by atoms with Gasteiger partial charge in [-0.3, -0.25) is 9.36 Å². The fraction of sp³-hybridized carbons (Fsp3) is 0.412. The highest BCUT2D eigenvalue weighted by atomic mass is 32.1. The van der Waals surface area contributed by atoms with Gasteiger partial charge in [0.15, 0.2) is 0 Å². The van der Waals surface area contributed by atoms with Crippen LogP contribution in [0.4, 0.5) is 5.82 Å². The molecule has 0 amide bonds. The number of hydrogen-bond acceptors (Lipinski definition) is 6. The lowest BCUT2D eigenvalue weighted by Crippen LogP contribution is -2.37. The number of fused-ring (bicyclic) bond motifs is 1. The van der Waals surface area contributed by atoms with Crippen molar-refractivity contribution in [3.8, 4) is 0 Å². The van der Waals surface area contributed by atoms with Crippen LogP contribution in [0.25, 0.3) is 10.2 Å². The fourth-order valence-corrected chi connectivity index (χ4v) is 4.05. The lowest BCUT2D eigenvalue weighted by molar-refractivity contribution is 0.350. The largest absolute Gasteiger partial charge is 0.356 e. The lowest BCUT2D eigenvalue weighted by Gasteiger charge is -2.33. The molecular formula is C17H19N5OS. The number of aromatic nitrogens is 4. The predicted molar refractivity (Wildman–Crippen MR) is 95.6 cm³/mol. The van der Waals surface area contributed by atoms with E-state index in [9.17, 15) is 4.79 Å². The molecule has 1 saturated heterocycles. The normalized spacial score (nSPS) is 16.0. The molecule has 0 unspecified atom stereocenters. The minimum absolute atomic E-state index is 0.0724. The Labute approximate surface area is 143 Å². The zero-order valence-electron chi connectivity index (χ0n) is 13.6. The molecule has 0 spiro atoms. The van der Waals surface area contributed by atoms with E-state index in [1.807, 2.05) is 6.92 Å². The first-order chi connectivity index (χ1) is 11.7. The van der Waals surface area contributed by atoms with Crippen LogP contribution in [-0.2, 0) is 6.54 Å². The van der Waals surface area contributed by atoms with Gasteiger partial charge in [-0.25, -0.2) is 15.0 Å². The molecule has 0 radical (unpaired) electrons. The number of anilines is 1. The van der Waals surface area contributed by atoms with Crippen molar-refractivity contribution in [3.05, 3.63) is 46.2 Å². The third-order valence-electron chi connectivity index (χ3n) is 4.68. The second kappa shape index (κ2) is 6.32. The minimum atomic E-state index is 0.0724. The molecule has 4 heterocycles. The van der Waals surface area contributed by atoms with Crippen molar-refractivity contribution < 1.29 is 0 Å². The molecule has 0 bridgehead atoms.